The fourth-order valence-corrected chi connectivity index (χ4v) is 1.80. The molecule has 0 heterocycles. The predicted octanol–water partition coefficient (Wildman–Crippen LogP) is 3.30. The van der Waals surface area contributed by atoms with Gasteiger partial charge in [-0.3, -0.25) is 4.79 Å². The van der Waals surface area contributed by atoms with Gasteiger partial charge in [0.05, 0.1) is 5.41 Å². The highest BCUT2D eigenvalue weighted by Gasteiger charge is 2.27. The molecule has 0 radical (unpaired) electrons. The molecule has 2 amide bonds. The van der Waals surface area contributed by atoms with Gasteiger partial charge in [0.15, 0.2) is 0 Å². The van der Waals surface area contributed by atoms with Gasteiger partial charge >= 0.3 is 12.0 Å². The maximum Gasteiger partial charge on any atom is 0.319 e. The Hall–Kier alpha value is -1.56. The Balaban J connectivity index is 2.66. The lowest BCUT2D eigenvalue weighted by Gasteiger charge is -2.19. The Morgan fingerprint density at radius 3 is 2.20 bits per heavy atom. The summed E-state index contributed by atoms with van der Waals surface area (Å²) in [5.74, 6) is -0.951. The van der Waals surface area contributed by atoms with Crippen LogP contribution >= 0.6 is 15.9 Å². The number of hydrogen-bond donors (Lipinski definition) is 3. The van der Waals surface area contributed by atoms with E-state index in [1.165, 1.54) is 0 Å². The molecule has 110 valence electrons. The zero-order valence-electron chi connectivity index (χ0n) is 12.0. The number of aliphatic carboxylic acids is 1. The highest BCUT2D eigenvalue weighted by atomic mass is 79.9. The van der Waals surface area contributed by atoms with E-state index in [4.69, 9.17) is 5.11 Å². The van der Waals surface area contributed by atoms with Crippen LogP contribution in [0.1, 0.15) is 25.0 Å². The third-order valence-corrected chi connectivity index (χ3v) is 4.21. The number of aryl methyl sites for hydroxylation is 2. The van der Waals surface area contributed by atoms with Gasteiger partial charge in [-0.2, -0.15) is 0 Å². The third kappa shape index (κ3) is 4.23. The maximum atomic E-state index is 11.8. The van der Waals surface area contributed by atoms with E-state index in [-0.39, 0.29) is 6.54 Å². The minimum atomic E-state index is -0.997. The van der Waals surface area contributed by atoms with Gasteiger partial charge in [0.1, 0.15) is 0 Å². The first-order valence-corrected chi connectivity index (χ1v) is 6.98. The summed E-state index contributed by atoms with van der Waals surface area (Å²) in [7, 11) is 0. The Morgan fingerprint density at radius 1 is 1.25 bits per heavy atom. The quantitative estimate of drug-likeness (QED) is 0.785. The van der Waals surface area contributed by atoms with Crippen molar-refractivity contribution in [2.24, 2.45) is 5.41 Å². The molecule has 3 N–H and O–H groups in total. The lowest BCUT2D eigenvalue weighted by molar-refractivity contribution is -0.146. The molecule has 0 aliphatic heterocycles. The van der Waals surface area contributed by atoms with Crippen LogP contribution in [0.5, 0.6) is 0 Å². The lowest BCUT2D eigenvalue weighted by atomic mass is 9.94. The lowest BCUT2D eigenvalue weighted by Crippen LogP contribution is -2.40. The van der Waals surface area contributed by atoms with Gasteiger partial charge in [-0.15, -0.1) is 0 Å². The molecule has 0 bridgehead atoms. The van der Waals surface area contributed by atoms with Crippen LogP contribution in [-0.2, 0) is 4.79 Å². The molecule has 1 aromatic rings. The molecule has 0 aliphatic carbocycles. The third-order valence-electron chi connectivity index (χ3n) is 2.96. The minimum Gasteiger partial charge on any atom is -0.481 e. The number of anilines is 1. The van der Waals surface area contributed by atoms with Crippen molar-refractivity contribution in [3.05, 3.63) is 27.7 Å². The summed E-state index contributed by atoms with van der Waals surface area (Å²) in [5.41, 5.74) is 1.72. The maximum absolute atomic E-state index is 11.8. The summed E-state index contributed by atoms with van der Waals surface area (Å²) >= 11 is 3.46. The second kappa shape index (κ2) is 6.26. The molecule has 0 spiro atoms. The van der Waals surface area contributed by atoms with E-state index in [1.54, 1.807) is 13.8 Å². The van der Waals surface area contributed by atoms with Crippen molar-refractivity contribution in [3.8, 4) is 0 Å². The van der Waals surface area contributed by atoms with Crippen molar-refractivity contribution in [2.45, 2.75) is 27.7 Å². The Bertz CT molecular complexity index is 518. The second-order valence-electron chi connectivity index (χ2n) is 5.42. The SMILES string of the molecule is Cc1cc(NC(=O)NCC(C)(C)C(=O)O)cc(C)c1Br. The standard InChI is InChI=1S/C14H19BrN2O3/c1-8-5-10(6-9(2)11(8)15)17-13(20)16-7-14(3,4)12(18)19/h5-6H,7H2,1-4H3,(H,18,19)(H2,16,17,20). The van der Waals surface area contributed by atoms with Crippen molar-refractivity contribution in [3.63, 3.8) is 0 Å². The normalized spacial score (nSPS) is 11.1. The summed E-state index contributed by atoms with van der Waals surface area (Å²) in [6, 6.07) is 3.28. The summed E-state index contributed by atoms with van der Waals surface area (Å²) < 4.78 is 1.01. The number of hydrogen-bond acceptors (Lipinski definition) is 2. The van der Waals surface area contributed by atoms with Gasteiger partial charge in [0.25, 0.3) is 0 Å². The summed E-state index contributed by atoms with van der Waals surface area (Å²) in [4.78, 5) is 22.7. The largest absolute Gasteiger partial charge is 0.481 e. The average molecular weight is 343 g/mol. The van der Waals surface area contributed by atoms with Crippen molar-refractivity contribution >= 4 is 33.6 Å². The Kier molecular flexibility index (Phi) is 5.16. The van der Waals surface area contributed by atoms with E-state index in [0.29, 0.717) is 5.69 Å². The molecule has 20 heavy (non-hydrogen) atoms. The molecular weight excluding hydrogens is 324 g/mol. The monoisotopic (exact) mass is 342 g/mol. The Labute approximate surface area is 126 Å². The van der Waals surface area contributed by atoms with Crippen LogP contribution in [0, 0.1) is 19.3 Å². The minimum absolute atomic E-state index is 0.0582. The first kappa shape index (κ1) is 16.5. The zero-order chi connectivity index (χ0) is 15.5. The number of benzene rings is 1. The molecular formula is C14H19BrN2O3. The number of carboxylic acid groups (broad SMARTS) is 1. The molecule has 0 fully saturated rings. The van der Waals surface area contributed by atoms with Crippen LogP contribution in [0.25, 0.3) is 0 Å². The highest BCUT2D eigenvalue weighted by molar-refractivity contribution is 9.10. The van der Waals surface area contributed by atoms with E-state index in [1.807, 2.05) is 26.0 Å². The molecule has 0 atom stereocenters. The van der Waals surface area contributed by atoms with E-state index in [2.05, 4.69) is 26.6 Å². The fourth-order valence-electron chi connectivity index (χ4n) is 1.57. The molecule has 1 rings (SSSR count). The van der Waals surface area contributed by atoms with Crippen molar-refractivity contribution in [2.75, 3.05) is 11.9 Å². The number of carboxylic acids is 1. The smallest absolute Gasteiger partial charge is 0.319 e. The molecule has 0 saturated carbocycles. The van der Waals surface area contributed by atoms with Crippen molar-refractivity contribution in [1.82, 2.24) is 5.32 Å². The summed E-state index contributed by atoms with van der Waals surface area (Å²) in [6.45, 7) is 7.05. The van der Waals surface area contributed by atoms with Gasteiger partial charge in [-0.1, -0.05) is 15.9 Å². The number of amides is 2. The molecule has 0 saturated heterocycles. The van der Waals surface area contributed by atoms with E-state index in [9.17, 15) is 9.59 Å². The van der Waals surface area contributed by atoms with Crippen LogP contribution in [0.4, 0.5) is 10.5 Å². The van der Waals surface area contributed by atoms with Gasteiger partial charge in [0, 0.05) is 16.7 Å². The van der Waals surface area contributed by atoms with Gasteiger partial charge < -0.3 is 15.7 Å². The highest BCUT2D eigenvalue weighted by Crippen LogP contribution is 2.25. The van der Waals surface area contributed by atoms with Crippen LogP contribution in [-0.4, -0.2) is 23.7 Å². The molecule has 1 aromatic carbocycles. The first-order chi connectivity index (χ1) is 9.13. The number of halogens is 1. The predicted molar refractivity (Wildman–Crippen MR) is 82.1 cm³/mol. The fraction of sp³-hybridized carbons (Fsp3) is 0.429. The average Bonchev–Trinajstić information content (AvgIpc) is 2.33. The number of urea groups is 1. The van der Waals surface area contributed by atoms with E-state index in [0.717, 1.165) is 15.6 Å². The number of rotatable bonds is 4. The van der Waals surface area contributed by atoms with Crippen LogP contribution in [0.3, 0.4) is 0 Å². The van der Waals surface area contributed by atoms with Gasteiger partial charge in [0.2, 0.25) is 0 Å². The topological polar surface area (TPSA) is 78.4 Å². The summed E-state index contributed by atoms with van der Waals surface area (Å²) in [5, 5.41) is 14.2. The van der Waals surface area contributed by atoms with E-state index < -0.39 is 17.4 Å². The Morgan fingerprint density at radius 2 is 1.75 bits per heavy atom. The van der Waals surface area contributed by atoms with Crippen molar-refractivity contribution < 1.29 is 14.7 Å². The van der Waals surface area contributed by atoms with Gasteiger partial charge in [-0.05, 0) is 51.0 Å². The summed E-state index contributed by atoms with van der Waals surface area (Å²) in [6.07, 6.45) is 0. The molecule has 0 unspecified atom stereocenters. The number of carbonyl (C=O) groups is 2. The molecule has 5 nitrogen and oxygen atoms in total. The van der Waals surface area contributed by atoms with Crippen LogP contribution in [0.2, 0.25) is 0 Å². The zero-order valence-corrected chi connectivity index (χ0v) is 13.6. The van der Waals surface area contributed by atoms with Crippen molar-refractivity contribution in [1.29, 1.82) is 0 Å². The van der Waals surface area contributed by atoms with Crippen LogP contribution in [0.15, 0.2) is 16.6 Å². The first-order valence-electron chi connectivity index (χ1n) is 6.18. The van der Waals surface area contributed by atoms with E-state index >= 15 is 0 Å². The molecule has 0 aromatic heterocycles. The molecule has 6 heteroatoms. The number of carbonyl (C=O) groups excluding carboxylic acids is 1. The van der Waals surface area contributed by atoms with Crippen LogP contribution < -0.4 is 10.6 Å². The van der Waals surface area contributed by atoms with Gasteiger partial charge in [-0.25, -0.2) is 4.79 Å². The second-order valence-corrected chi connectivity index (χ2v) is 6.21. The number of nitrogens with one attached hydrogen (secondary N) is 2. The molecule has 0 aliphatic rings.